The molecule has 0 amide bonds. The first-order valence-electron chi connectivity index (χ1n) is 9.76. The van der Waals surface area contributed by atoms with Crippen LogP contribution in [0.1, 0.15) is 34.3 Å². The third kappa shape index (κ3) is 2.70. The van der Waals surface area contributed by atoms with E-state index in [0.29, 0.717) is 23.4 Å². The maximum Gasteiger partial charge on any atom is 0.231 e. The van der Waals surface area contributed by atoms with Crippen LogP contribution in [0.25, 0.3) is 17.0 Å². The molecule has 142 valence electrons. The highest BCUT2D eigenvalue weighted by atomic mass is 16.5. The number of likely N-dealkylation sites (tertiary alicyclic amines) is 1. The van der Waals surface area contributed by atoms with Gasteiger partial charge in [-0.25, -0.2) is 0 Å². The van der Waals surface area contributed by atoms with Crippen LogP contribution in [0.5, 0.6) is 11.5 Å². The summed E-state index contributed by atoms with van der Waals surface area (Å²) in [6.45, 7) is 2.75. The summed E-state index contributed by atoms with van der Waals surface area (Å²) in [5.41, 5.74) is 3.16. The first kappa shape index (κ1) is 17.1. The Labute approximate surface area is 163 Å². The van der Waals surface area contributed by atoms with Crippen molar-refractivity contribution in [2.45, 2.75) is 19.4 Å². The molecule has 0 unspecified atom stereocenters. The molecule has 0 aliphatic carbocycles. The first-order valence-corrected chi connectivity index (χ1v) is 9.76. The van der Waals surface area contributed by atoms with Crippen molar-refractivity contribution in [1.82, 2.24) is 4.57 Å². The number of aryl methyl sites for hydroxylation is 1. The minimum absolute atomic E-state index is 0.0441. The number of benzene rings is 2. The third-order valence-corrected chi connectivity index (χ3v) is 5.85. The predicted molar refractivity (Wildman–Crippen MR) is 105 cm³/mol. The highest BCUT2D eigenvalue weighted by Gasteiger charge is 2.31. The normalized spacial score (nSPS) is 18.2. The van der Waals surface area contributed by atoms with E-state index in [9.17, 15) is 9.90 Å². The van der Waals surface area contributed by atoms with Crippen LogP contribution in [0.4, 0.5) is 0 Å². The first-order chi connectivity index (χ1) is 13.6. The van der Waals surface area contributed by atoms with Crippen molar-refractivity contribution in [2.75, 3.05) is 13.1 Å². The van der Waals surface area contributed by atoms with Gasteiger partial charge in [0.2, 0.25) is 5.78 Å². The average Bonchev–Trinajstić information content (AvgIpc) is 3.39. The summed E-state index contributed by atoms with van der Waals surface area (Å²) in [5, 5.41) is 13.6. The zero-order chi connectivity index (χ0) is 19.3. The number of carbonyl (C=O) groups is 1. The number of para-hydroxylation sites is 1. The molecule has 5 rings (SSSR count). The number of nitrogens with one attached hydrogen (secondary N) is 1. The van der Waals surface area contributed by atoms with E-state index in [0.717, 1.165) is 29.6 Å². The molecule has 0 atom stereocenters. The number of Topliss-reactive ketones (excluding diaryl/α,β-unsaturated/α-hetero) is 1. The molecule has 5 nitrogen and oxygen atoms in total. The van der Waals surface area contributed by atoms with Crippen molar-refractivity contribution in [3.8, 4) is 11.5 Å². The van der Waals surface area contributed by atoms with Crippen molar-refractivity contribution in [3.05, 3.63) is 65.0 Å². The monoisotopic (exact) mass is 374 g/mol. The van der Waals surface area contributed by atoms with Crippen LogP contribution >= 0.6 is 0 Å². The van der Waals surface area contributed by atoms with E-state index in [4.69, 9.17) is 4.74 Å². The Bertz CT molecular complexity index is 1120. The van der Waals surface area contributed by atoms with E-state index in [2.05, 4.69) is 0 Å². The summed E-state index contributed by atoms with van der Waals surface area (Å²) in [5.74, 6) is 0.552. The van der Waals surface area contributed by atoms with Crippen LogP contribution in [0.2, 0.25) is 0 Å². The van der Waals surface area contributed by atoms with Crippen LogP contribution in [-0.2, 0) is 13.6 Å². The fourth-order valence-corrected chi connectivity index (χ4v) is 4.39. The molecule has 5 heteroatoms. The zero-order valence-electron chi connectivity index (χ0n) is 15.8. The van der Waals surface area contributed by atoms with E-state index >= 15 is 0 Å². The molecule has 1 fully saturated rings. The van der Waals surface area contributed by atoms with Crippen LogP contribution in [0.15, 0.2) is 48.4 Å². The van der Waals surface area contributed by atoms with Crippen LogP contribution in [0.3, 0.4) is 0 Å². The summed E-state index contributed by atoms with van der Waals surface area (Å²) >= 11 is 0. The quantitative estimate of drug-likeness (QED) is 0.714. The summed E-state index contributed by atoms with van der Waals surface area (Å²) < 4.78 is 8.03. The van der Waals surface area contributed by atoms with Gasteiger partial charge in [-0.3, -0.25) is 4.79 Å². The van der Waals surface area contributed by atoms with Crippen molar-refractivity contribution in [2.24, 2.45) is 7.05 Å². The van der Waals surface area contributed by atoms with Gasteiger partial charge in [-0.15, -0.1) is 0 Å². The number of nitrogens with zero attached hydrogens (tertiary/aromatic N) is 1. The smallest absolute Gasteiger partial charge is 0.231 e. The summed E-state index contributed by atoms with van der Waals surface area (Å²) in [6, 6.07) is 11.2. The zero-order valence-corrected chi connectivity index (χ0v) is 15.8. The Morgan fingerprint density at radius 2 is 1.96 bits per heavy atom. The van der Waals surface area contributed by atoms with Gasteiger partial charge in [-0.2, -0.15) is 0 Å². The maximum absolute atomic E-state index is 12.9. The number of hydrogen-bond donors (Lipinski definition) is 1. The van der Waals surface area contributed by atoms with Crippen molar-refractivity contribution >= 4 is 22.8 Å². The molecular weight excluding hydrogens is 352 g/mol. The Morgan fingerprint density at radius 3 is 2.79 bits per heavy atom. The van der Waals surface area contributed by atoms with E-state index in [-0.39, 0.29) is 17.3 Å². The Kier molecular flexibility index (Phi) is 3.98. The lowest BCUT2D eigenvalue weighted by Crippen LogP contribution is -3.08. The second-order valence-electron chi connectivity index (χ2n) is 7.71. The number of aromatic nitrogens is 1. The number of ether oxygens (including phenoxy) is 1. The molecule has 2 aliphatic heterocycles. The molecule has 0 radical (unpaired) electrons. The van der Waals surface area contributed by atoms with Gasteiger partial charge in [0.1, 0.15) is 12.3 Å². The lowest BCUT2D eigenvalue weighted by Gasteiger charge is -2.19. The highest BCUT2D eigenvalue weighted by molar-refractivity contribution is 6.15. The minimum atomic E-state index is -0.152. The van der Waals surface area contributed by atoms with Gasteiger partial charge in [0, 0.05) is 48.1 Å². The van der Waals surface area contributed by atoms with Gasteiger partial charge in [-0.05, 0) is 18.2 Å². The Balaban J connectivity index is 1.54. The SMILES string of the molecule is Cn1cc(/C=C2/Oc3c(ccc([O-])c3C[NH+]3CCCC3)C2=O)c2ccccc21. The molecule has 0 bridgehead atoms. The third-order valence-electron chi connectivity index (χ3n) is 5.85. The van der Waals surface area contributed by atoms with Crippen LogP contribution < -0.4 is 14.7 Å². The number of rotatable bonds is 3. The fourth-order valence-electron chi connectivity index (χ4n) is 4.39. The van der Waals surface area contributed by atoms with Crippen LogP contribution in [0, 0.1) is 0 Å². The number of ketones is 1. The predicted octanol–water partition coefficient (Wildman–Crippen LogP) is 2.05. The van der Waals surface area contributed by atoms with Crippen molar-refractivity contribution in [3.63, 3.8) is 0 Å². The van der Waals surface area contributed by atoms with Crippen molar-refractivity contribution < 1.29 is 19.5 Å². The van der Waals surface area contributed by atoms with E-state index in [1.807, 2.05) is 42.1 Å². The molecule has 1 aromatic heterocycles. The van der Waals surface area contributed by atoms with Crippen molar-refractivity contribution in [1.29, 1.82) is 0 Å². The second kappa shape index (κ2) is 6.53. The van der Waals surface area contributed by atoms with Gasteiger partial charge in [0.05, 0.1) is 18.7 Å². The van der Waals surface area contributed by atoms with Gasteiger partial charge in [-0.1, -0.05) is 30.0 Å². The van der Waals surface area contributed by atoms with Gasteiger partial charge in [0.25, 0.3) is 0 Å². The number of hydrogen-bond acceptors (Lipinski definition) is 3. The molecule has 1 saturated heterocycles. The molecule has 3 aromatic rings. The molecule has 0 saturated carbocycles. The highest BCUT2D eigenvalue weighted by Crippen LogP contribution is 2.38. The van der Waals surface area contributed by atoms with Gasteiger partial charge >= 0.3 is 0 Å². The number of fused-ring (bicyclic) bond motifs is 2. The summed E-state index contributed by atoms with van der Waals surface area (Å²) in [4.78, 5) is 14.3. The lowest BCUT2D eigenvalue weighted by molar-refractivity contribution is -0.901. The summed E-state index contributed by atoms with van der Waals surface area (Å²) in [6.07, 6.45) is 6.16. The number of allylic oxidation sites excluding steroid dienone is 1. The number of quaternary nitrogens is 1. The molecule has 3 heterocycles. The van der Waals surface area contributed by atoms with Gasteiger partial charge in [0.15, 0.2) is 5.76 Å². The molecule has 1 N–H and O–H groups in total. The van der Waals surface area contributed by atoms with Crippen LogP contribution in [-0.4, -0.2) is 23.4 Å². The molecule has 28 heavy (non-hydrogen) atoms. The molecular formula is C23H22N2O3. The molecule has 2 aromatic carbocycles. The second-order valence-corrected chi connectivity index (χ2v) is 7.71. The maximum atomic E-state index is 12.9. The topological polar surface area (TPSA) is 58.7 Å². The Morgan fingerprint density at radius 1 is 1.18 bits per heavy atom. The average molecular weight is 374 g/mol. The van der Waals surface area contributed by atoms with E-state index < -0.39 is 0 Å². The summed E-state index contributed by atoms with van der Waals surface area (Å²) in [7, 11) is 1.98. The standard InChI is InChI=1S/C23H22N2O3/c1-24-13-15(16-6-2-3-7-19(16)24)12-21-22(27)17-8-9-20(26)18(23(17)28-21)14-25-10-4-5-11-25/h2-3,6-9,12-13,26H,4-5,10-11,14H2,1H3/b21-12+. The lowest BCUT2D eigenvalue weighted by atomic mass is 10.0. The van der Waals surface area contributed by atoms with E-state index in [1.54, 1.807) is 12.1 Å². The minimum Gasteiger partial charge on any atom is -0.872 e. The Hall–Kier alpha value is -3.05. The molecule has 0 spiro atoms. The fraction of sp³-hybridized carbons (Fsp3) is 0.261. The van der Waals surface area contributed by atoms with Gasteiger partial charge < -0.3 is 19.3 Å². The molecule has 2 aliphatic rings. The van der Waals surface area contributed by atoms with E-state index in [1.165, 1.54) is 23.8 Å². The largest absolute Gasteiger partial charge is 0.872 e. The number of carbonyl (C=O) groups excluding carboxylic acids is 1.